The number of fused-ring (bicyclic) bond motifs is 1. The first-order chi connectivity index (χ1) is 12.2. The quantitative estimate of drug-likeness (QED) is 0.522. The van der Waals surface area contributed by atoms with Crippen LogP contribution in [0, 0.1) is 0 Å². The molecule has 0 saturated carbocycles. The molecule has 0 aliphatic rings. The Labute approximate surface area is 148 Å². The third-order valence-corrected chi connectivity index (χ3v) is 4.73. The van der Waals surface area contributed by atoms with Gasteiger partial charge in [-0.3, -0.25) is 4.68 Å². The molecule has 0 aliphatic heterocycles. The predicted octanol–water partition coefficient (Wildman–Crippen LogP) is 4.05. The van der Waals surface area contributed by atoms with Gasteiger partial charge in [0.1, 0.15) is 6.61 Å². The van der Waals surface area contributed by atoms with Crippen LogP contribution in [0.15, 0.2) is 60.2 Å². The molecule has 4 rings (SSSR count). The zero-order valence-corrected chi connectivity index (χ0v) is 14.4. The summed E-state index contributed by atoms with van der Waals surface area (Å²) in [7, 11) is 1.83. The van der Waals surface area contributed by atoms with Crippen LogP contribution >= 0.6 is 11.3 Å². The van der Waals surface area contributed by atoms with E-state index < -0.39 is 0 Å². The highest BCUT2D eigenvalue weighted by Gasteiger charge is 2.16. The number of carbonyl (C=O) groups excluding carboxylic acids is 1. The summed E-state index contributed by atoms with van der Waals surface area (Å²) in [6.45, 7) is 0.192. The third kappa shape index (κ3) is 3.16. The van der Waals surface area contributed by atoms with Gasteiger partial charge in [0.05, 0.1) is 27.8 Å². The van der Waals surface area contributed by atoms with E-state index in [1.807, 2.05) is 55.0 Å². The molecule has 25 heavy (non-hydrogen) atoms. The van der Waals surface area contributed by atoms with Gasteiger partial charge in [0, 0.05) is 24.2 Å². The Hall–Kier alpha value is -2.99. The van der Waals surface area contributed by atoms with E-state index in [4.69, 9.17) is 4.74 Å². The number of benzene rings is 1. The van der Waals surface area contributed by atoms with Gasteiger partial charge in [-0.1, -0.05) is 24.3 Å². The minimum atomic E-state index is -0.361. The van der Waals surface area contributed by atoms with Crippen molar-refractivity contribution in [2.45, 2.75) is 6.61 Å². The normalized spacial score (nSPS) is 10.9. The average Bonchev–Trinajstić information content (AvgIpc) is 3.30. The third-order valence-electron chi connectivity index (χ3n) is 3.84. The van der Waals surface area contributed by atoms with E-state index in [1.54, 1.807) is 28.3 Å². The molecule has 0 atom stereocenters. The second kappa shape index (κ2) is 6.49. The van der Waals surface area contributed by atoms with E-state index in [1.165, 1.54) is 0 Å². The van der Waals surface area contributed by atoms with E-state index >= 15 is 0 Å². The lowest BCUT2D eigenvalue weighted by Gasteiger charge is -2.09. The summed E-state index contributed by atoms with van der Waals surface area (Å²) >= 11 is 1.59. The fraction of sp³-hybridized carbons (Fsp3) is 0.105. The number of aryl methyl sites for hydroxylation is 1. The first-order valence-corrected chi connectivity index (χ1v) is 8.67. The van der Waals surface area contributed by atoms with Crippen LogP contribution in [0.1, 0.15) is 15.9 Å². The summed E-state index contributed by atoms with van der Waals surface area (Å²) in [6, 6.07) is 13.4. The first-order valence-electron chi connectivity index (χ1n) is 7.79. The number of rotatable bonds is 4. The maximum absolute atomic E-state index is 12.7. The Morgan fingerprint density at radius 3 is 2.88 bits per heavy atom. The molecule has 0 unspecified atom stereocenters. The molecule has 0 spiro atoms. The topological polar surface area (TPSA) is 57.0 Å². The van der Waals surface area contributed by atoms with E-state index in [9.17, 15) is 4.79 Å². The average molecular weight is 349 g/mol. The van der Waals surface area contributed by atoms with Crippen LogP contribution in [0.2, 0.25) is 0 Å². The van der Waals surface area contributed by atoms with E-state index in [0.717, 1.165) is 27.0 Å². The van der Waals surface area contributed by atoms with Crippen molar-refractivity contribution in [1.82, 2.24) is 14.8 Å². The van der Waals surface area contributed by atoms with Crippen LogP contribution in [0.4, 0.5) is 0 Å². The lowest BCUT2D eigenvalue weighted by molar-refractivity contribution is 0.0475. The molecule has 0 aliphatic carbocycles. The fourth-order valence-corrected chi connectivity index (χ4v) is 3.35. The van der Waals surface area contributed by atoms with E-state index in [2.05, 4.69) is 10.1 Å². The summed E-state index contributed by atoms with van der Waals surface area (Å²) in [5, 5.41) is 6.87. The minimum Gasteiger partial charge on any atom is -0.457 e. The molecule has 5 nitrogen and oxygen atoms in total. The van der Waals surface area contributed by atoms with Crippen molar-refractivity contribution < 1.29 is 9.53 Å². The van der Waals surface area contributed by atoms with Crippen molar-refractivity contribution in [3.63, 3.8) is 0 Å². The number of carbonyl (C=O) groups is 1. The highest BCUT2D eigenvalue weighted by molar-refractivity contribution is 7.13. The SMILES string of the molecule is Cn1cc(COC(=O)c2cc(-c3cccs3)nc3ccccc23)cn1. The summed E-state index contributed by atoms with van der Waals surface area (Å²) in [4.78, 5) is 18.4. The Morgan fingerprint density at radius 1 is 1.24 bits per heavy atom. The molecule has 124 valence electrons. The molecule has 6 heteroatoms. The number of esters is 1. The molecular formula is C19H15N3O2S. The smallest absolute Gasteiger partial charge is 0.339 e. The highest BCUT2D eigenvalue weighted by Crippen LogP contribution is 2.28. The number of para-hydroxylation sites is 1. The number of hydrogen-bond acceptors (Lipinski definition) is 5. The van der Waals surface area contributed by atoms with Crippen LogP contribution in [0.5, 0.6) is 0 Å². The molecule has 0 N–H and O–H groups in total. The number of thiophene rings is 1. The van der Waals surface area contributed by atoms with Crippen molar-refractivity contribution in [2.24, 2.45) is 7.05 Å². The summed E-state index contributed by atoms with van der Waals surface area (Å²) in [6.07, 6.45) is 3.52. The van der Waals surface area contributed by atoms with Gasteiger partial charge in [-0.25, -0.2) is 9.78 Å². The molecule has 0 radical (unpaired) electrons. The Bertz CT molecular complexity index is 1040. The molecule has 0 bridgehead atoms. The Morgan fingerprint density at radius 2 is 2.12 bits per heavy atom. The van der Waals surface area contributed by atoms with E-state index in [-0.39, 0.29) is 12.6 Å². The van der Waals surface area contributed by atoms with Gasteiger partial charge in [0.25, 0.3) is 0 Å². The van der Waals surface area contributed by atoms with Gasteiger partial charge in [0.15, 0.2) is 0 Å². The summed E-state index contributed by atoms with van der Waals surface area (Å²) < 4.78 is 7.17. The zero-order chi connectivity index (χ0) is 17.2. The van der Waals surface area contributed by atoms with Gasteiger partial charge >= 0.3 is 5.97 Å². The number of ether oxygens (including phenoxy) is 1. The lowest BCUT2D eigenvalue weighted by Crippen LogP contribution is -2.07. The van der Waals surface area contributed by atoms with Gasteiger partial charge < -0.3 is 4.74 Å². The second-order valence-electron chi connectivity index (χ2n) is 5.65. The molecule has 4 aromatic rings. The summed E-state index contributed by atoms with van der Waals surface area (Å²) in [5.41, 5.74) is 2.94. The number of pyridine rings is 1. The summed E-state index contributed by atoms with van der Waals surface area (Å²) in [5.74, 6) is -0.361. The second-order valence-corrected chi connectivity index (χ2v) is 6.60. The maximum atomic E-state index is 12.7. The Kier molecular flexibility index (Phi) is 4.03. The molecule has 3 heterocycles. The van der Waals surface area contributed by atoms with Gasteiger partial charge in [0.2, 0.25) is 0 Å². The standard InChI is InChI=1S/C19H15N3O2S/c1-22-11-13(10-20-22)12-24-19(23)15-9-17(18-7-4-8-25-18)21-16-6-3-2-5-14(15)16/h2-11H,12H2,1H3. The van der Waals surface area contributed by atoms with Crippen LogP contribution in [-0.4, -0.2) is 20.7 Å². The first kappa shape index (κ1) is 15.5. The fourth-order valence-electron chi connectivity index (χ4n) is 2.67. The molecular weight excluding hydrogens is 334 g/mol. The monoisotopic (exact) mass is 349 g/mol. The van der Waals surface area contributed by atoms with Crippen LogP contribution in [-0.2, 0) is 18.4 Å². The maximum Gasteiger partial charge on any atom is 0.339 e. The van der Waals surface area contributed by atoms with Crippen molar-refractivity contribution in [1.29, 1.82) is 0 Å². The van der Waals surface area contributed by atoms with Gasteiger partial charge in [-0.2, -0.15) is 5.10 Å². The largest absolute Gasteiger partial charge is 0.457 e. The van der Waals surface area contributed by atoms with Gasteiger partial charge in [-0.05, 0) is 23.6 Å². The minimum absolute atomic E-state index is 0.192. The molecule has 3 aromatic heterocycles. The Balaban J connectivity index is 1.70. The van der Waals surface area contributed by atoms with E-state index in [0.29, 0.717) is 5.56 Å². The van der Waals surface area contributed by atoms with Crippen molar-refractivity contribution in [3.8, 4) is 10.6 Å². The zero-order valence-electron chi connectivity index (χ0n) is 13.5. The van der Waals surface area contributed by atoms with Gasteiger partial charge in [-0.15, -0.1) is 11.3 Å². The molecule has 1 aromatic carbocycles. The van der Waals surface area contributed by atoms with Crippen molar-refractivity contribution in [3.05, 3.63) is 71.4 Å². The highest BCUT2D eigenvalue weighted by atomic mass is 32.1. The number of nitrogens with zero attached hydrogens (tertiary/aromatic N) is 3. The van der Waals surface area contributed by atoms with Crippen LogP contribution in [0.25, 0.3) is 21.5 Å². The van der Waals surface area contributed by atoms with Crippen LogP contribution in [0.3, 0.4) is 0 Å². The predicted molar refractivity (Wildman–Crippen MR) is 97.4 cm³/mol. The van der Waals surface area contributed by atoms with Crippen molar-refractivity contribution in [2.75, 3.05) is 0 Å². The molecule has 0 saturated heterocycles. The lowest BCUT2D eigenvalue weighted by atomic mass is 10.1. The van der Waals surface area contributed by atoms with Crippen LogP contribution < -0.4 is 0 Å². The van der Waals surface area contributed by atoms with Crippen molar-refractivity contribution >= 4 is 28.2 Å². The number of aromatic nitrogens is 3. The molecule has 0 fully saturated rings. The number of hydrogen-bond donors (Lipinski definition) is 0. The molecule has 0 amide bonds.